The number of ether oxygens (including phenoxy) is 1. The third-order valence-corrected chi connectivity index (χ3v) is 8.01. The molecule has 1 saturated carbocycles. The normalized spacial score (nSPS) is 28.6. The summed E-state index contributed by atoms with van der Waals surface area (Å²) in [6.45, 7) is 3.80. The Kier molecular flexibility index (Phi) is 5.60. The lowest BCUT2D eigenvalue weighted by Gasteiger charge is -2.32. The molecule has 5 nitrogen and oxygen atoms in total. The Morgan fingerprint density at radius 3 is 2.34 bits per heavy atom. The molecule has 0 bridgehead atoms. The molecule has 4 atom stereocenters. The fourth-order valence-electron chi connectivity index (χ4n) is 4.46. The fourth-order valence-corrected chi connectivity index (χ4v) is 6.20. The highest BCUT2D eigenvalue weighted by Crippen LogP contribution is 2.43. The topological polar surface area (TPSA) is 63.7 Å². The number of sulfonamides is 1. The van der Waals surface area contributed by atoms with Crippen molar-refractivity contribution in [2.75, 3.05) is 0 Å². The van der Waals surface area contributed by atoms with Crippen LogP contribution in [0.1, 0.15) is 49.8 Å². The molecule has 0 amide bonds. The van der Waals surface area contributed by atoms with Crippen molar-refractivity contribution in [1.29, 1.82) is 0 Å². The third kappa shape index (κ3) is 3.77. The van der Waals surface area contributed by atoms with Gasteiger partial charge in [-0.05, 0) is 44.4 Å². The minimum atomic E-state index is -3.81. The van der Waals surface area contributed by atoms with E-state index in [9.17, 15) is 13.2 Å². The van der Waals surface area contributed by atoms with Crippen LogP contribution in [0.3, 0.4) is 0 Å². The van der Waals surface area contributed by atoms with E-state index in [1.807, 2.05) is 44.2 Å². The third-order valence-electron chi connectivity index (χ3n) is 6.05. The number of Topliss-reactive ketones (excluding diaryl/α,β-unsaturated/α-hetero) is 1. The summed E-state index contributed by atoms with van der Waals surface area (Å²) in [6.07, 6.45) is 1.76. The summed E-state index contributed by atoms with van der Waals surface area (Å²) in [7, 11) is -3.81. The van der Waals surface area contributed by atoms with E-state index in [0.29, 0.717) is 12.8 Å². The molecule has 154 valence electrons. The summed E-state index contributed by atoms with van der Waals surface area (Å²) >= 11 is 0. The molecule has 2 aliphatic rings. The van der Waals surface area contributed by atoms with Crippen molar-refractivity contribution in [2.24, 2.45) is 5.92 Å². The molecule has 1 aliphatic carbocycles. The van der Waals surface area contributed by atoms with Crippen LogP contribution >= 0.6 is 0 Å². The van der Waals surface area contributed by atoms with Crippen molar-refractivity contribution < 1.29 is 17.9 Å². The van der Waals surface area contributed by atoms with E-state index >= 15 is 0 Å². The van der Waals surface area contributed by atoms with Gasteiger partial charge in [0, 0.05) is 6.42 Å². The fraction of sp³-hybridized carbons (Fsp3) is 0.435. The predicted molar refractivity (Wildman–Crippen MR) is 111 cm³/mol. The number of ketones is 1. The van der Waals surface area contributed by atoms with Gasteiger partial charge in [-0.2, -0.15) is 4.31 Å². The largest absolute Gasteiger partial charge is 0.352 e. The Morgan fingerprint density at radius 2 is 1.69 bits per heavy atom. The van der Waals surface area contributed by atoms with Crippen molar-refractivity contribution in [3.05, 3.63) is 65.7 Å². The maximum atomic E-state index is 13.6. The quantitative estimate of drug-likeness (QED) is 0.752. The van der Waals surface area contributed by atoms with E-state index in [0.717, 1.165) is 24.0 Å². The van der Waals surface area contributed by atoms with Gasteiger partial charge in [0.25, 0.3) is 0 Å². The average Bonchev–Trinajstić information content (AvgIpc) is 3.07. The van der Waals surface area contributed by atoms with Crippen LogP contribution in [0.2, 0.25) is 0 Å². The number of hydrogen-bond donors (Lipinski definition) is 0. The molecule has 0 N–H and O–H groups in total. The van der Waals surface area contributed by atoms with Crippen LogP contribution < -0.4 is 0 Å². The molecule has 4 rings (SSSR count). The molecule has 0 spiro atoms. The van der Waals surface area contributed by atoms with Crippen molar-refractivity contribution in [3.63, 3.8) is 0 Å². The molecule has 2 fully saturated rings. The Bertz CT molecular complexity index is 972. The van der Waals surface area contributed by atoms with Gasteiger partial charge in [-0.25, -0.2) is 8.42 Å². The van der Waals surface area contributed by atoms with Crippen molar-refractivity contribution in [1.82, 2.24) is 4.31 Å². The van der Waals surface area contributed by atoms with Gasteiger partial charge in [-0.3, -0.25) is 4.79 Å². The lowest BCUT2D eigenvalue weighted by Crippen LogP contribution is -2.47. The number of aryl methyl sites for hydroxylation is 1. The number of benzene rings is 2. The van der Waals surface area contributed by atoms with Crippen LogP contribution in [0.4, 0.5) is 0 Å². The van der Waals surface area contributed by atoms with Crippen molar-refractivity contribution in [3.8, 4) is 0 Å². The van der Waals surface area contributed by atoms with Gasteiger partial charge < -0.3 is 4.74 Å². The van der Waals surface area contributed by atoms with Crippen LogP contribution in [0, 0.1) is 12.8 Å². The highest BCUT2D eigenvalue weighted by molar-refractivity contribution is 7.89. The van der Waals surface area contributed by atoms with E-state index in [1.165, 1.54) is 4.31 Å². The number of rotatable bonds is 4. The minimum absolute atomic E-state index is 0.103. The molecule has 6 heteroatoms. The number of hydrogen-bond acceptors (Lipinski definition) is 4. The summed E-state index contributed by atoms with van der Waals surface area (Å²) in [5, 5.41) is 0. The molecule has 1 aliphatic heterocycles. The van der Waals surface area contributed by atoms with Gasteiger partial charge in [-0.15, -0.1) is 0 Å². The SMILES string of the molecule is Cc1ccc(S(=O)(=O)N2[C@@H](C)[C@@H](c3ccccc3)O[C@H]2[C@@H]2CCCCC2=O)cc1. The van der Waals surface area contributed by atoms with Crippen LogP contribution in [0.25, 0.3) is 0 Å². The smallest absolute Gasteiger partial charge is 0.245 e. The first-order chi connectivity index (χ1) is 13.9. The maximum absolute atomic E-state index is 13.6. The van der Waals surface area contributed by atoms with Gasteiger partial charge in [0.15, 0.2) is 0 Å². The van der Waals surface area contributed by atoms with Gasteiger partial charge in [0.1, 0.15) is 18.1 Å². The lowest BCUT2D eigenvalue weighted by molar-refractivity contribution is -0.132. The van der Waals surface area contributed by atoms with E-state index in [2.05, 4.69) is 0 Å². The molecule has 2 aromatic rings. The number of carbonyl (C=O) groups excluding carboxylic acids is 1. The highest BCUT2D eigenvalue weighted by Gasteiger charge is 2.51. The Balaban J connectivity index is 1.76. The van der Waals surface area contributed by atoms with Crippen molar-refractivity contribution in [2.45, 2.75) is 62.8 Å². The second-order valence-corrected chi connectivity index (χ2v) is 9.91. The van der Waals surface area contributed by atoms with E-state index < -0.39 is 34.3 Å². The van der Waals surface area contributed by atoms with Crippen LogP contribution in [-0.4, -0.2) is 30.8 Å². The van der Waals surface area contributed by atoms with E-state index in [1.54, 1.807) is 24.3 Å². The Morgan fingerprint density at radius 1 is 1.00 bits per heavy atom. The van der Waals surface area contributed by atoms with Crippen LogP contribution in [0.5, 0.6) is 0 Å². The first-order valence-corrected chi connectivity index (χ1v) is 11.7. The summed E-state index contributed by atoms with van der Waals surface area (Å²) in [5.41, 5.74) is 1.92. The maximum Gasteiger partial charge on any atom is 0.245 e. The summed E-state index contributed by atoms with van der Waals surface area (Å²) < 4.78 is 35.0. The van der Waals surface area contributed by atoms with Gasteiger partial charge in [-0.1, -0.05) is 54.4 Å². The number of nitrogens with zero attached hydrogens (tertiary/aromatic N) is 1. The Hall–Kier alpha value is -2.02. The standard InChI is InChI=1S/C23H27NO4S/c1-16-12-14-19(15-13-16)29(26,27)24-17(2)22(18-8-4-3-5-9-18)28-23(24)20-10-6-7-11-21(20)25/h3-5,8-9,12-15,17,20,22-23H,6-7,10-11H2,1-2H3/t17-,20+,22-,23-/m0/s1. The van der Waals surface area contributed by atoms with Gasteiger partial charge >= 0.3 is 0 Å². The van der Waals surface area contributed by atoms with Crippen LogP contribution in [-0.2, 0) is 19.6 Å². The zero-order valence-corrected chi connectivity index (χ0v) is 17.6. The van der Waals surface area contributed by atoms with Gasteiger partial charge in [0.05, 0.1) is 16.9 Å². The molecule has 0 radical (unpaired) electrons. The number of carbonyl (C=O) groups is 1. The second kappa shape index (κ2) is 8.01. The summed E-state index contributed by atoms with van der Waals surface area (Å²) in [4.78, 5) is 12.9. The summed E-state index contributed by atoms with van der Waals surface area (Å²) in [5.74, 6) is -0.314. The molecule has 0 aromatic heterocycles. The first-order valence-electron chi connectivity index (χ1n) is 10.2. The van der Waals surface area contributed by atoms with E-state index in [-0.39, 0.29) is 10.7 Å². The predicted octanol–water partition coefficient (Wildman–Crippen LogP) is 4.23. The zero-order valence-electron chi connectivity index (χ0n) is 16.8. The molecule has 2 aromatic carbocycles. The highest BCUT2D eigenvalue weighted by atomic mass is 32.2. The van der Waals surface area contributed by atoms with Gasteiger partial charge in [0.2, 0.25) is 10.0 Å². The molecule has 1 saturated heterocycles. The zero-order chi connectivity index (χ0) is 20.6. The molecular weight excluding hydrogens is 386 g/mol. The Labute approximate surface area is 172 Å². The summed E-state index contributed by atoms with van der Waals surface area (Å²) in [6, 6.07) is 16.1. The average molecular weight is 414 g/mol. The molecular formula is C23H27NO4S. The molecule has 1 heterocycles. The van der Waals surface area contributed by atoms with Crippen LogP contribution in [0.15, 0.2) is 59.5 Å². The lowest BCUT2D eigenvalue weighted by atomic mass is 9.86. The minimum Gasteiger partial charge on any atom is -0.352 e. The molecule has 0 unspecified atom stereocenters. The molecule has 29 heavy (non-hydrogen) atoms. The second-order valence-electron chi connectivity index (χ2n) is 8.07. The first kappa shape index (κ1) is 20.3. The van der Waals surface area contributed by atoms with Crippen molar-refractivity contribution >= 4 is 15.8 Å². The monoisotopic (exact) mass is 413 g/mol. The van der Waals surface area contributed by atoms with E-state index in [4.69, 9.17) is 4.74 Å².